The summed E-state index contributed by atoms with van der Waals surface area (Å²) in [6.45, 7) is 0. The van der Waals surface area contributed by atoms with Gasteiger partial charge in [0.1, 0.15) is 11.6 Å². The molecule has 1 atom stereocenters. The maximum atomic E-state index is 12.5. The van der Waals surface area contributed by atoms with E-state index in [2.05, 4.69) is 15.3 Å². The number of nitrogens with zero attached hydrogens (tertiary/aromatic N) is 2. The monoisotopic (exact) mass is 442 g/mol. The molecule has 4 rings (SSSR count). The van der Waals surface area contributed by atoms with Gasteiger partial charge in [0.25, 0.3) is 5.91 Å². The van der Waals surface area contributed by atoms with E-state index in [9.17, 15) is 4.79 Å². The Morgan fingerprint density at radius 3 is 2.41 bits per heavy atom. The van der Waals surface area contributed by atoms with Crippen molar-refractivity contribution >= 4 is 29.9 Å². The number of hydrogen-bond donors (Lipinski definition) is 3. The summed E-state index contributed by atoms with van der Waals surface area (Å²) >= 11 is 4.72. The Balaban J connectivity index is 1.50. The summed E-state index contributed by atoms with van der Waals surface area (Å²) in [5.74, 6) is 1.13. The zero-order valence-electron chi connectivity index (χ0n) is 17.4. The summed E-state index contributed by atoms with van der Waals surface area (Å²) in [6.07, 6.45) is 1.72. The van der Waals surface area contributed by atoms with Crippen molar-refractivity contribution in [1.29, 1.82) is 0 Å². The maximum Gasteiger partial charge on any atom is 0.255 e. The molecule has 4 aromatic rings. The number of amides is 1. The third-order valence-corrected chi connectivity index (χ3v) is 5.53. The van der Waals surface area contributed by atoms with Crippen molar-refractivity contribution in [3.63, 3.8) is 0 Å². The molecule has 0 aliphatic heterocycles. The second kappa shape index (κ2) is 9.53. The molecular formula is C25H22N4O2S. The smallest absolute Gasteiger partial charge is 0.255 e. The molecule has 1 amide bonds. The number of nitrogens with one attached hydrogen (secondary N) is 1. The minimum Gasteiger partial charge on any atom is -0.497 e. The summed E-state index contributed by atoms with van der Waals surface area (Å²) in [4.78, 5) is 21.6. The lowest BCUT2D eigenvalue weighted by molar-refractivity contribution is 0.102. The zero-order valence-corrected chi connectivity index (χ0v) is 18.3. The lowest BCUT2D eigenvalue weighted by Crippen LogP contribution is -2.13. The molecule has 1 heterocycles. The van der Waals surface area contributed by atoms with Crippen LogP contribution in [-0.4, -0.2) is 23.0 Å². The van der Waals surface area contributed by atoms with Crippen LogP contribution >= 0.6 is 12.6 Å². The summed E-state index contributed by atoms with van der Waals surface area (Å²) in [5.41, 5.74) is 10.2. The molecule has 3 N–H and O–H groups in total. The van der Waals surface area contributed by atoms with Crippen LogP contribution < -0.4 is 15.8 Å². The number of methoxy groups -OCH3 is 1. The summed E-state index contributed by atoms with van der Waals surface area (Å²) in [5, 5.41) is 2.49. The predicted octanol–water partition coefficient (Wildman–Crippen LogP) is 5.01. The number of carbonyl (C=O) groups excluding carboxylic acids is 1. The predicted molar refractivity (Wildman–Crippen MR) is 130 cm³/mol. The van der Waals surface area contributed by atoms with Crippen molar-refractivity contribution in [2.75, 3.05) is 18.2 Å². The highest BCUT2D eigenvalue weighted by Crippen LogP contribution is 2.28. The lowest BCUT2D eigenvalue weighted by atomic mass is 10.1. The molecule has 0 radical (unpaired) electrons. The third-order valence-electron chi connectivity index (χ3n) is 5.00. The fourth-order valence-electron chi connectivity index (χ4n) is 3.20. The van der Waals surface area contributed by atoms with Gasteiger partial charge in [-0.1, -0.05) is 24.3 Å². The second-order valence-electron chi connectivity index (χ2n) is 7.09. The standard InChI is InChI=1S/C25H22N4O2S/c1-31-19-12-10-16(11-13-19)21-14-15-27-24(28-21)23(32)17-6-8-18(9-7-17)25(30)29-22-5-3-2-4-20(22)26/h2-15,23,32H,26H2,1H3,(H,29,30). The van der Waals surface area contributed by atoms with Crippen molar-refractivity contribution in [2.45, 2.75) is 5.25 Å². The number of carbonyl (C=O) groups is 1. The fraction of sp³-hybridized carbons (Fsp3) is 0.0800. The van der Waals surface area contributed by atoms with Crippen molar-refractivity contribution in [3.05, 3.63) is 102 Å². The van der Waals surface area contributed by atoms with Crippen molar-refractivity contribution < 1.29 is 9.53 Å². The van der Waals surface area contributed by atoms with Crippen LogP contribution in [0.15, 0.2) is 85.1 Å². The normalized spacial score (nSPS) is 11.6. The quantitative estimate of drug-likeness (QED) is 0.289. The minimum atomic E-state index is -0.338. The topological polar surface area (TPSA) is 90.1 Å². The highest BCUT2D eigenvalue weighted by Gasteiger charge is 2.15. The first-order valence-corrected chi connectivity index (χ1v) is 10.5. The van der Waals surface area contributed by atoms with Crippen LogP contribution in [0, 0.1) is 0 Å². The minimum absolute atomic E-state index is 0.233. The number of para-hydroxylation sites is 2. The molecular weight excluding hydrogens is 420 g/mol. The lowest BCUT2D eigenvalue weighted by Gasteiger charge is -2.12. The van der Waals surface area contributed by atoms with E-state index in [0.29, 0.717) is 22.8 Å². The molecule has 1 aromatic heterocycles. The Bertz CT molecular complexity index is 1230. The van der Waals surface area contributed by atoms with Crippen LogP contribution in [0.3, 0.4) is 0 Å². The molecule has 0 aliphatic rings. The van der Waals surface area contributed by atoms with Gasteiger partial charge in [-0.2, -0.15) is 12.6 Å². The first-order chi connectivity index (χ1) is 15.5. The first kappa shape index (κ1) is 21.4. The number of nitrogen functional groups attached to an aromatic ring is 1. The van der Waals surface area contributed by atoms with E-state index >= 15 is 0 Å². The van der Waals surface area contributed by atoms with Crippen LogP contribution in [0.5, 0.6) is 5.75 Å². The average molecular weight is 443 g/mol. The molecule has 0 fully saturated rings. The molecule has 6 nitrogen and oxygen atoms in total. The van der Waals surface area contributed by atoms with Crippen LogP contribution in [0.4, 0.5) is 11.4 Å². The van der Waals surface area contributed by atoms with E-state index in [1.54, 1.807) is 37.6 Å². The number of aromatic nitrogens is 2. The Morgan fingerprint density at radius 1 is 1.00 bits per heavy atom. The number of anilines is 2. The molecule has 3 aromatic carbocycles. The second-order valence-corrected chi connectivity index (χ2v) is 7.61. The van der Waals surface area contributed by atoms with Gasteiger partial charge in [0.05, 0.1) is 29.4 Å². The van der Waals surface area contributed by atoms with E-state index in [0.717, 1.165) is 22.6 Å². The number of hydrogen-bond acceptors (Lipinski definition) is 6. The molecule has 0 saturated carbocycles. The highest BCUT2D eigenvalue weighted by atomic mass is 32.1. The van der Waals surface area contributed by atoms with Crippen LogP contribution in [0.25, 0.3) is 11.3 Å². The van der Waals surface area contributed by atoms with E-state index in [4.69, 9.17) is 23.1 Å². The van der Waals surface area contributed by atoms with Gasteiger partial charge in [-0.3, -0.25) is 4.79 Å². The van der Waals surface area contributed by atoms with Gasteiger partial charge < -0.3 is 15.8 Å². The largest absolute Gasteiger partial charge is 0.497 e. The van der Waals surface area contributed by atoms with Gasteiger partial charge >= 0.3 is 0 Å². The van der Waals surface area contributed by atoms with Gasteiger partial charge in [0.15, 0.2) is 0 Å². The van der Waals surface area contributed by atoms with Crippen LogP contribution in [0.2, 0.25) is 0 Å². The van der Waals surface area contributed by atoms with E-state index < -0.39 is 0 Å². The zero-order chi connectivity index (χ0) is 22.5. The summed E-state index contributed by atoms with van der Waals surface area (Å²) in [6, 6.07) is 23.9. The SMILES string of the molecule is COc1ccc(-c2ccnc(C(S)c3ccc(C(=O)Nc4ccccc4N)cc3)n2)cc1. The molecule has 0 saturated heterocycles. The van der Waals surface area contributed by atoms with Gasteiger partial charge in [0.2, 0.25) is 0 Å². The molecule has 0 spiro atoms. The van der Waals surface area contributed by atoms with E-state index in [1.165, 1.54) is 0 Å². The number of nitrogens with two attached hydrogens (primary N) is 1. The van der Waals surface area contributed by atoms with Gasteiger partial charge in [-0.05, 0) is 60.2 Å². The van der Waals surface area contributed by atoms with Gasteiger partial charge in [-0.15, -0.1) is 0 Å². The first-order valence-electron chi connectivity index (χ1n) is 9.96. The van der Waals surface area contributed by atoms with Crippen molar-refractivity contribution in [2.24, 2.45) is 0 Å². The molecule has 160 valence electrons. The number of benzene rings is 3. The van der Waals surface area contributed by atoms with Gasteiger partial charge in [0, 0.05) is 17.3 Å². The average Bonchev–Trinajstić information content (AvgIpc) is 2.85. The molecule has 32 heavy (non-hydrogen) atoms. The fourth-order valence-corrected chi connectivity index (χ4v) is 3.50. The number of ether oxygens (including phenoxy) is 1. The van der Waals surface area contributed by atoms with Crippen molar-refractivity contribution in [1.82, 2.24) is 9.97 Å². The summed E-state index contributed by atoms with van der Waals surface area (Å²) in [7, 11) is 1.63. The van der Waals surface area contributed by atoms with Crippen LogP contribution in [0.1, 0.15) is 27.0 Å². The van der Waals surface area contributed by atoms with Crippen molar-refractivity contribution in [3.8, 4) is 17.0 Å². The van der Waals surface area contributed by atoms with E-state index in [1.807, 2.05) is 54.6 Å². The molecule has 0 aliphatic carbocycles. The molecule has 7 heteroatoms. The number of rotatable bonds is 6. The number of thiol groups is 1. The Hall–Kier alpha value is -3.84. The van der Waals surface area contributed by atoms with Gasteiger partial charge in [-0.25, -0.2) is 9.97 Å². The highest BCUT2D eigenvalue weighted by molar-refractivity contribution is 7.80. The maximum absolute atomic E-state index is 12.5. The Morgan fingerprint density at radius 2 is 1.72 bits per heavy atom. The molecule has 1 unspecified atom stereocenters. The third kappa shape index (κ3) is 4.73. The summed E-state index contributed by atoms with van der Waals surface area (Å²) < 4.78 is 5.21. The van der Waals surface area contributed by atoms with E-state index in [-0.39, 0.29) is 11.2 Å². The Kier molecular flexibility index (Phi) is 6.37. The van der Waals surface area contributed by atoms with Crippen LogP contribution in [-0.2, 0) is 0 Å². The Labute approximate surface area is 191 Å². The molecule has 0 bridgehead atoms.